The van der Waals surface area contributed by atoms with Gasteiger partial charge in [-0.25, -0.2) is 4.79 Å². The number of piperidine rings is 1. The highest BCUT2D eigenvalue weighted by Crippen LogP contribution is 2.25. The molecule has 0 saturated carbocycles. The van der Waals surface area contributed by atoms with Crippen molar-refractivity contribution in [1.29, 1.82) is 0 Å². The average molecular weight is 211 g/mol. The molecule has 0 spiro atoms. The van der Waals surface area contributed by atoms with Gasteiger partial charge in [0.2, 0.25) is 5.89 Å². The Morgan fingerprint density at radius 1 is 1.67 bits per heavy atom. The molecule has 2 N–H and O–H groups in total. The molecule has 2 rings (SSSR count). The maximum absolute atomic E-state index is 10.6. The molecular formula is C9H13N3O3. The number of nitrogens with zero attached hydrogens (tertiary/aromatic N) is 2. The monoisotopic (exact) mass is 211 g/mol. The van der Waals surface area contributed by atoms with Crippen LogP contribution in [0, 0.1) is 0 Å². The van der Waals surface area contributed by atoms with Crippen LogP contribution in [0.4, 0.5) is 0 Å². The van der Waals surface area contributed by atoms with Gasteiger partial charge in [-0.15, -0.1) is 0 Å². The lowest BCUT2D eigenvalue weighted by molar-refractivity contribution is 0.0680. The summed E-state index contributed by atoms with van der Waals surface area (Å²) in [5.74, 6) is -0.772. The fraction of sp³-hybridized carbons (Fsp3) is 0.667. The molecular weight excluding hydrogens is 198 g/mol. The van der Waals surface area contributed by atoms with Crippen molar-refractivity contribution >= 4 is 5.97 Å². The molecule has 0 aliphatic carbocycles. The molecule has 2 heterocycles. The number of nitrogens with one attached hydrogen (secondary N) is 1. The van der Waals surface area contributed by atoms with Crippen molar-refractivity contribution in [1.82, 2.24) is 15.5 Å². The van der Waals surface area contributed by atoms with Crippen LogP contribution in [0.1, 0.15) is 42.2 Å². The van der Waals surface area contributed by atoms with Gasteiger partial charge in [-0.3, -0.25) is 0 Å². The van der Waals surface area contributed by atoms with E-state index in [1.807, 2.05) is 0 Å². The Morgan fingerprint density at radius 2 is 2.47 bits per heavy atom. The predicted molar refractivity (Wildman–Crippen MR) is 50.7 cm³/mol. The van der Waals surface area contributed by atoms with E-state index in [0.29, 0.717) is 11.9 Å². The molecule has 1 fully saturated rings. The van der Waals surface area contributed by atoms with Gasteiger partial charge < -0.3 is 14.9 Å². The maximum Gasteiger partial charge on any atom is 0.377 e. The number of hydrogen-bond acceptors (Lipinski definition) is 5. The summed E-state index contributed by atoms with van der Waals surface area (Å²) < 4.78 is 4.94. The first kappa shape index (κ1) is 10.1. The molecule has 0 aromatic carbocycles. The molecule has 2 unspecified atom stereocenters. The zero-order valence-electron chi connectivity index (χ0n) is 8.43. The zero-order chi connectivity index (χ0) is 10.8. The first-order valence-corrected chi connectivity index (χ1v) is 4.97. The van der Waals surface area contributed by atoms with Crippen LogP contribution in [0.5, 0.6) is 0 Å². The summed E-state index contributed by atoms with van der Waals surface area (Å²) >= 11 is 0. The maximum atomic E-state index is 10.6. The number of carboxylic acid groups (broad SMARTS) is 1. The molecule has 1 aliphatic rings. The van der Waals surface area contributed by atoms with Crippen LogP contribution in [0.25, 0.3) is 0 Å². The minimum Gasteiger partial charge on any atom is -0.475 e. The van der Waals surface area contributed by atoms with Gasteiger partial charge in [0.1, 0.15) is 0 Å². The lowest BCUT2D eigenvalue weighted by atomic mass is 9.93. The van der Waals surface area contributed by atoms with Crippen LogP contribution < -0.4 is 5.32 Å². The number of carbonyl (C=O) groups is 1. The first-order chi connectivity index (χ1) is 7.16. The van der Waals surface area contributed by atoms with Crippen molar-refractivity contribution in [3.63, 3.8) is 0 Å². The Balaban J connectivity index is 2.11. The molecule has 1 saturated heterocycles. The van der Waals surface area contributed by atoms with E-state index >= 15 is 0 Å². The second kappa shape index (κ2) is 3.98. The highest BCUT2D eigenvalue weighted by Gasteiger charge is 2.25. The summed E-state index contributed by atoms with van der Waals surface area (Å²) in [6, 6.07) is 0.406. The minimum absolute atomic E-state index is 0.182. The molecule has 2 atom stereocenters. The van der Waals surface area contributed by atoms with E-state index in [9.17, 15) is 4.79 Å². The van der Waals surface area contributed by atoms with Crippen molar-refractivity contribution in [3.8, 4) is 0 Å². The van der Waals surface area contributed by atoms with E-state index in [1.165, 1.54) is 0 Å². The lowest BCUT2D eigenvalue weighted by Crippen LogP contribution is -2.34. The standard InChI is InChI=1S/C9H13N3O3/c1-5-4-6(2-3-10-5)8-11-7(9(13)14)12-15-8/h5-6,10H,2-4H2,1H3,(H,13,14). The Hall–Kier alpha value is -1.43. The Morgan fingerprint density at radius 3 is 3.07 bits per heavy atom. The van der Waals surface area contributed by atoms with Crippen molar-refractivity contribution in [2.24, 2.45) is 0 Å². The van der Waals surface area contributed by atoms with E-state index in [-0.39, 0.29) is 11.7 Å². The largest absolute Gasteiger partial charge is 0.475 e. The third kappa shape index (κ3) is 2.15. The highest BCUT2D eigenvalue weighted by molar-refractivity contribution is 5.82. The Labute approximate surface area is 86.7 Å². The van der Waals surface area contributed by atoms with Gasteiger partial charge >= 0.3 is 5.97 Å². The summed E-state index contributed by atoms with van der Waals surface area (Å²) in [7, 11) is 0. The van der Waals surface area contributed by atoms with E-state index in [4.69, 9.17) is 9.63 Å². The number of aromatic nitrogens is 2. The topological polar surface area (TPSA) is 88.2 Å². The third-order valence-electron chi connectivity index (χ3n) is 2.61. The van der Waals surface area contributed by atoms with Gasteiger partial charge in [0.15, 0.2) is 0 Å². The van der Waals surface area contributed by atoms with Crippen molar-refractivity contribution in [2.75, 3.05) is 6.54 Å². The van der Waals surface area contributed by atoms with E-state index in [0.717, 1.165) is 19.4 Å². The summed E-state index contributed by atoms with van der Waals surface area (Å²) in [5, 5.41) is 15.4. The van der Waals surface area contributed by atoms with Gasteiger partial charge in [0, 0.05) is 12.0 Å². The molecule has 15 heavy (non-hydrogen) atoms. The number of hydrogen-bond donors (Lipinski definition) is 2. The number of rotatable bonds is 2. The molecule has 82 valence electrons. The molecule has 1 aliphatic heterocycles. The Kier molecular flexibility index (Phi) is 2.68. The summed E-state index contributed by atoms with van der Waals surface area (Å²) in [6.45, 7) is 2.98. The van der Waals surface area contributed by atoms with Crippen LogP contribution >= 0.6 is 0 Å². The normalized spacial score (nSPS) is 26.5. The number of carboxylic acids is 1. The average Bonchev–Trinajstić information content (AvgIpc) is 2.66. The molecule has 6 heteroatoms. The van der Waals surface area contributed by atoms with Crippen LogP contribution in [0.3, 0.4) is 0 Å². The molecule has 1 aromatic heterocycles. The van der Waals surface area contributed by atoms with Gasteiger partial charge in [-0.2, -0.15) is 4.98 Å². The smallest absolute Gasteiger partial charge is 0.377 e. The van der Waals surface area contributed by atoms with E-state index < -0.39 is 5.97 Å². The molecule has 0 bridgehead atoms. The SMILES string of the molecule is CC1CC(c2nc(C(=O)O)no2)CCN1. The third-order valence-corrected chi connectivity index (χ3v) is 2.61. The summed E-state index contributed by atoms with van der Waals surface area (Å²) in [6.07, 6.45) is 1.81. The fourth-order valence-corrected chi connectivity index (χ4v) is 1.84. The Bertz CT molecular complexity index is 363. The number of aromatic carboxylic acids is 1. The lowest BCUT2D eigenvalue weighted by Gasteiger charge is -2.25. The predicted octanol–water partition coefficient (Wildman–Crippen LogP) is 0.623. The van der Waals surface area contributed by atoms with Crippen molar-refractivity contribution in [3.05, 3.63) is 11.7 Å². The summed E-state index contributed by atoms with van der Waals surface area (Å²) in [5.41, 5.74) is 0. The van der Waals surface area contributed by atoms with Gasteiger partial charge in [0.05, 0.1) is 0 Å². The molecule has 0 amide bonds. The van der Waals surface area contributed by atoms with Gasteiger partial charge in [-0.1, -0.05) is 0 Å². The van der Waals surface area contributed by atoms with Gasteiger partial charge in [-0.05, 0) is 31.5 Å². The molecule has 6 nitrogen and oxygen atoms in total. The van der Waals surface area contributed by atoms with E-state index in [1.54, 1.807) is 0 Å². The van der Waals surface area contributed by atoms with Gasteiger partial charge in [0.25, 0.3) is 5.82 Å². The second-order valence-corrected chi connectivity index (χ2v) is 3.84. The molecule has 0 radical (unpaired) electrons. The minimum atomic E-state index is -1.15. The second-order valence-electron chi connectivity index (χ2n) is 3.84. The van der Waals surface area contributed by atoms with Crippen molar-refractivity contribution in [2.45, 2.75) is 31.7 Å². The fourth-order valence-electron chi connectivity index (χ4n) is 1.84. The van der Waals surface area contributed by atoms with Crippen LogP contribution in [-0.2, 0) is 0 Å². The zero-order valence-corrected chi connectivity index (χ0v) is 8.43. The first-order valence-electron chi connectivity index (χ1n) is 4.97. The highest BCUT2D eigenvalue weighted by atomic mass is 16.5. The molecule has 1 aromatic rings. The van der Waals surface area contributed by atoms with Crippen LogP contribution in [0.2, 0.25) is 0 Å². The quantitative estimate of drug-likeness (QED) is 0.745. The van der Waals surface area contributed by atoms with Crippen molar-refractivity contribution < 1.29 is 14.4 Å². The summed E-state index contributed by atoms with van der Waals surface area (Å²) in [4.78, 5) is 14.4. The van der Waals surface area contributed by atoms with Crippen LogP contribution in [-0.4, -0.2) is 33.8 Å². The van der Waals surface area contributed by atoms with E-state index in [2.05, 4.69) is 22.4 Å². The van der Waals surface area contributed by atoms with Crippen LogP contribution in [0.15, 0.2) is 4.52 Å².